The van der Waals surface area contributed by atoms with E-state index < -0.39 is 0 Å². The molecule has 0 saturated carbocycles. The third-order valence-electron chi connectivity index (χ3n) is 2.40. The summed E-state index contributed by atoms with van der Waals surface area (Å²) < 4.78 is 0. The first-order valence-corrected chi connectivity index (χ1v) is 5.65. The number of hydrogen-bond donors (Lipinski definition) is 4. The molecule has 0 radical (unpaired) electrons. The van der Waals surface area contributed by atoms with Crippen LogP contribution in [0.3, 0.4) is 0 Å². The molecule has 0 aliphatic rings. The fourth-order valence-corrected chi connectivity index (χ4v) is 2.02. The van der Waals surface area contributed by atoms with Crippen molar-refractivity contribution in [3.05, 3.63) is 36.4 Å². The molecule has 0 aliphatic carbocycles. The number of halogens is 1. The van der Waals surface area contributed by atoms with Gasteiger partial charge in [0.25, 0.3) is 0 Å². The van der Waals surface area contributed by atoms with E-state index in [1.165, 1.54) is 0 Å². The van der Waals surface area contributed by atoms with E-state index in [0.29, 0.717) is 10.6 Å². The molecule has 17 heavy (non-hydrogen) atoms. The summed E-state index contributed by atoms with van der Waals surface area (Å²) in [7, 11) is 0. The van der Waals surface area contributed by atoms with Crippen molar-refractivity contribution in [3.8, 4) is 11.1 Å². The van der Waals surface area contributed by atoms with Gasteiger partial charge in [-0.2, -0.15) is 0 Å². The highest BCUT2D eigenvalue weighted by atomic mass is 35.5. The fraction of sp³-hybridized carbons (Fsp3) is 0. The Bertz CT molecular complexity index is 527. The molecule has 0 atom stereocenters. The maximum Gasteiger partial charge on any atom is 0.0461 e. The molecule has 0 amide bonds. The van der Waals surface area contributed by atoms with Crippen LogP contribution >= 0.6 is 37.7 Å². The molecule has 0 aromatic heterocycles. The minimum absolute atomic E-state index is 0. The van der Waals surface area contributed by atoms with Crippen molar-refractivity contribution in [2.45, 2.75) is 9.79 Å². The zero-order valence-electron chi connectivity index (χ0n) is 8.92. The summed E-state index contributed by atoms with van der Waals surface area (Å²) in [5, 5.41) is 0. The number of anilines is 2. The highest BCUT2D eigenvalue weighted by molar-refractivity contribution is 7.83. The van der Waals surface area contributed by atoms with Crippen molar-refractivity contribution in [3.63, 3.8) is 0 Å². The smallest absolute Gasteiger partial charge is 0.0461 e. The molecular weight excluding hydrogens is 272 g/mol. The maximum atomic E-state index is 5.75. The van der Waals surface area contributed by atoms with E-state index in [9.17, 15) is 0 Å². The van der Waals surface area contributed by atoms with Crippen LogP contribution in [-0.4, -0.2) is 0 Å². The molecular formula is C12H13ClN2S2. The third kappa shape index (κ3) is 2.83. The predicted molar refractivity (Wildman–Crippen MR) is 82.5 cm³/mol. The first-order valence-electron chi connectivity index (χ1n) is 4.76. The number of rotatable bonds is 1. The summed E-state index contributed by atoms with van der Waals surface area (Å²) >= 11 is 8.76. The summed E-state index contributed by atoms with van der Waals surface area (Å²) in [4.78, 5) is 1.49. The number of thiol groups is 2. The van der Waals surface area contributed by atoms with Gasteiger partial charge in [0.1, 0.15) is 0 Å². The lowest BCUT2D eigenvalue weighted by Crippen LogP contribution is -1.90. The summed E-state index contributed by atoms with van der Waals surface area (Å²) in [5.41, 5.74) is 14.8. The van der Waals surface area contributed by atoms with Crippen LogP contribution in [0.25, 0.3) is 11.1 Å². The molecule has 0 saturated heterocycles. The molecule has 2 aromatic rings. The van der Waals surface area contributed by atoms with Crippen molar-refractivity contribution in [2.24, 2.45) is 0 Å². The van der Waals surface area contributed by atoms with Gasteiger partial charge in [-0.25, -0.2) is 0 Å². The zero-order valence-corrected chi connectivity index (χ0v) is 11.5. The standard InChI is InChI=1S/C12H12N2S2.ClH/c13-8-3-1-7(2-4-8)9-5-6-10(14)12(16)11(9)15;/h1-6,15-16H,13-14H2;1H. The number of nitrogen functional groups attached to an aromatic ring is 2. The fourth-order valence-electron chi connectivity index (χ4n) is 1.49. The minimum Gasteiger partial charge on any atom is -0.399 e. The van der Waals surface area contributed by atoms with E-state index in [4.69, 9.17) is 11.5 Å². The Morgan fingerprint density at radius 3 is 1.94 bits per heavy atom. The van der Waals surface area contributed by atoms with Crippen molar-refractivity contribution in [2.75, 3.05) is 11.5 Å². The summed E-state index contributed by atoms with van der Waals surface area (Å²) in [5.74, 6) is 0. The van der Waals surface area contributed by atoms with Crippen LogP contribution in [0.4, 0.5) is 11.4 Å². The van der Waals surface area contributed by atoms with Gasteiger partial charge in [0.15, 0.2) is 0 Å². The number of benzene rings is 2. The SMILES string of the molecule is Cl.Nc1ccc(-c2ccc(N)c(S)c2S)cc1. The highest BCUT2D eigenvalue weighted by Crippen LogP contribution is 2.34. The summed E-state index contributed by atoms with van der Waals surface area (Å²) in [6.07, 6.45) is 0. The lowest BCUT2D eigenvalue weighted by molar-refractivity contribution is 1.28. The van der Waals surface area contributed by atoms with Crippen LogP contribution in [-0.2, 0) is 0 Å². The minimum atomic E-state index is 0. The molecule has 2 nitrogen and oxygen atoms in total. The quantitative estimate of drug-likeness (QED) is 0.478. The van der Waals surface area contributed by atoms with Crippen LogP contribution in [0.15, 0.2) is 46.2 Å². The van der Waals surface area contributed by atoms with Gasteiger partial charge >= 0.3 is 0 Å². The number of hydrogen-bond acceptors (Lipinski definition) is 4. The number of nitrogens with two attached hydrogens (primary N) is 2. The molecule has 0 bridgehead atoms. The molecule has 2 aromatic carbocycles. The van der Waals surface area contributed by atoms with E-state index >= 15 is 0 Å². The van der Waals surface area contributed by atoms with E-state index in [2.05, 4.69) is 25.3 Å². The normalized spacial score (nSPS) is 9.76. The van der Waals surface area contributed by atoms with Gasteiger partial charge in [0.05, 0.1) is 0 Å². The Hall–Kier alpha value is -0.970. The van der Waals surface area contributed by atoms with Crippen LogP contribution in [0.2, 0.25) is 0 Å². The molecule has 2 rings (SSSR count). The monoisotopic (exact) mass is 284 g/mol. The van der Waals surface area contributed by atoms with E-state index in [0.717, 1.165) is 21.7 Å². The molecule has 0 aliphatic heterocycles. The van der Waals surface area contributed by atoms with E-state index in [1.54, 1.807) is 0 Å². The Kier molecular flexibility index (Phi) is 4.62. The van der Waals surface area contributed by atoms with Crippen molar-refractivity contribution >= 4 is 49.0 Å². The second kappa shape index (κ2) is 5.58. The second-order valence-corrected chi connectivity index (χ2v) is 4.42. The van der Waals surface area contributed by atoms with E-state index in [-0.39, 0.29) is 12.4 Å². The van der Waals surface area contributed by atoms with Crippen molar-refractivity contribution in [1.29, 1.82) is 0 Å². The average molecular weight is 285 g/mol. The van der Waals surface area contributed by atoms with Gasteiger partial charge in [-0.05, 0) is 29.3 Å². The summed E-state index contributed by atoms with van der Waals surface area (Å²) in [6.45, 7) is 0. The molecule has 0 fully saturated rings. The van der Waals surface area contributed by atoms with Crippen LogP contribution in [0, 0.1) is 0 Å². The maximum absolute atomic E-state index is 5.75. The Morgan fingerprint density at radius 2 is 1.35 bits per heavy atom. The van der Waals surface area contributed by atoms with Gasteiger partial charge < -0.3 is 11.5 Å². The Labute approximate surface area is 118 Å². The van der Waals surface area contributed by atoms with Gasteiger partial charge in [-0.3, -0.25) is 0 Å². The lowest BCUT2D eigenvalue weighted by Gasteiger charge is -2.09. The molecule has 5 heteroatoms. The van der Waals surface area contributed by atoms with E-state index in [1.807, 2.05) is 36.4 Å². The lowest BCUT2D eigenvalue weighted by atomic mass is 10.0. The molecule has 0 heterocycles. The first-order chi connectivity index (χ1) is 7.59. The van der Waals surface area contributed by atoms with Gasteiger partial charge in [0, 0.05) is 21.2 Å². The largest absolute Gasteiger partial charge is 0.399 e. The zero-order chi connectivity index (χ0) is 11.7. The van der Waals surface area contributed by atoms with Crippen molar-refractivity contribution < 1.29 is 0 Å². The predicted octanol–water partition coefficient (Wildman–Crippen LogP) is 3.52. The van der Waals surface area contributed by atoms with Crippen LogP contribution in [0.1, 0.15) is 0 Å². The van der Waals surface area contributed by atoms with Crippen LogP contribution in [0.5, 0.6) is 0 Å². The topological polar surface area (TPSA) is 52.0 Å². The Balaban J connectivity index is 0.00000144. The van der Waals surface area contributed by atoms with Crippen LogP contribution < -0.4 is 11.5 Å². The van der Waals surface area contributed by atoms with Gasteiger partial charge in [0.2, 0.25) is 0 Å². The Morgan fingerprint density at radius 1 is 0.765 bits per heavy atom. The molecule has 4 N–H and O–H groups in total. The molecule has 0 spiro atoms. The first kappa shape index (κ1) is 14.1. The van der Waals surface area contributed by atoms with Crippen molar-refractivity contribution in [1.82, 2.24) is 0 Å². The molecule has 90 valence electrons. The third-order valence-corrected chi connectivity index (χ3v) is 3.53. The summed E-state index contributed by atoms with van der Waals surface area (Å²) in [6, 6.07) is 11.4. The second-order valence-electron chi connectivity index (χ2n) is 3.52. The van der Waals surface area contributed by atoms with Gasteiger partial charge in [-0.15, -0.1) is 37.7 Å². The average Bonchev–Trinajstić information content (AvgIpc) is 2.28. The van der Waals surface area contributed by atoms with Gasteiger partial charge in [-0.1, -0.05) is 18.2 Å². The molecule has 0 unspecified atom stereocenters. The highest BCUT2D eigenvalue weighted by Gasteiger charge is 2.07.